The molecule has 1 aromatic heterocycles. The van der Waals surface area contributed by atoms with Gasteiger partial charge in [0.25, 0.3) is 5.91 Å². The maximum absolute atomic E-state index is 12.0. The van der Waals surface area contributed by atoms with Crippen molar-refractivity contribution in [1.29, 1.82) is 0 Å². The first-order valence-electron chi connectivity index (χ1n) is 6.67. The first-order chi connectivity index (χ1) is 9.38. The van der Waals surface area contributed by atoms with E-state index in [4.69, 9.17) is 4.74 Å². The highest BCUT2D eigenvalue weighted by molar-refractivity contribution is 5.83. The van der Waals surface area contributed by atoms with Crippen LogP contribution in [0.25, 0.3) is 0 Å². The first-order valence-corrected chi connectivity index (χ1v) is 6.67. The van der Waals surface area contributed by atoms with Crippen LogP contribution in [0.3, 0.4) is 0 Å². The van der Waals surface area contributed by atoms with Crippen molar-refractivity contribution in [3.8, 4) is 5.75 Å². The first kappa shape index (κ1) is 14.3. The molecule has 0 bridgehead atoms. The SMILES string of the molecule is CC(Oc1ccc(C(C)(C)C)cc1)C(=O)n1ccnc1. The van der Waals surface area contributed by atoms with Gasteiger partial charge in [0.05, 0.1) is 0 Å². The van der Waals surface area contributed by atoms with E-state index in [1.165, 1.54) is 16.5 Å². The molecule has 106 valence electrons. The summed E-state index contributed by atoms with van der Waals surface area (Å²) in [6, 6.07) is 7.87. The number of rotatable bonds is 3. The normalized spacial score (nSPS) is 13.0. The average molecular weight is 272 g/mol. The Morgan fingerprint density at radius 1 is 1.25 bits per heavy atom. The van der Waals surface area contributed by atoms with E-state index in [0.29, 0.717) is 5.75 Å². The van der Waals surface area contributed by atoms with E-state index in [0.717, 1.165) is 0 Å². The Morgan fingerprint density at radius 3 is 2.40 bits per heavy atom. The molecule has 0 radical (unpaired) electrons. The van der Waals surface area contributed by atoms with Crippen molar-refractivity contribution < 1.29 is 9.53 Å². The second-order valence-corrected chi connectivity index (χ2v) is 5.84. The van der Waals surface area contributed by atoms with Crippen LogP contribution in [0, 0.1) is 0 Å². The van der Waals surface area contributed by atoms with Crippen LogP contribution in [-0.2, 0) is 5.41 Å². The summed E-state index contributed by atoms with van der Waals surface area (Å²) >= 11 is 0. The summed E-state index contributed by atoms with van der Waals surface area (Å²) in [5.41, 5.74) is 1.34. The summed E-state index contributed by atoms with van der Waals surface area (Å²) in [6.45, 7) is 8.22. The Labute approximate surface area is 119 Å². The van der Waals surface area contributed by atoms with Gasteiger partial charge in [0, 0.05) is 12.4 Å². The fraction of sp³-hybridized carbons (Fsp3) is 0.375. The van der Waals surface area contributed by atoms with E-state index < -0.39 is 6.10 Å². The van der Waals surface area contributed by atoms with Gasteiger partial charge in [-0.05, 0) is 30.0 Å². The maximum atomic E-state index is 12.0. The summed E-state index contributed by atoms with van der Waals surface area (Å²) in [6.07, 6.45) is 4.11. The quantitative estimate of drug-likeness (QED) is 0.861. The van der Waals surface area contributed by atoms with Gasteiger partial charge in [0.1, 0.15) is 12.1 Å². The van der Waals surface area contributed by atoms with Gasteiger partial charge in [-0.2, -0.15) is 0 Å². The molecule has 2 aromatic rings. The van der Waals surface area contributed by atoms with Crippen LogP contribution in [0.2, 0.25) is 0 Å². The van der Waals surface area contributed by atoms with Crippen LogP contribution in [0.4, 0.5) is 0 Å². The molecule has 4 nitrogen and oxygen atoms in total. The molecule has 1 unspecified atom stereocenters. The number of imidazole rings is 1. The summed E-state index contributed by atoms with van der Waals surface area (Å²) in [5.74, 6) is 0.557. The minimum atomic E-state index is -0.551. The Balaban J connectivity index is 2.05. The lowest BCUT2D eigenvalue weighted by molar-refractivity contribution is 0.0727. The lowest BCUT2D eigenvalue weighted by Crippen LogP contribution is -2.28. The molecule has 0 spiro atoms. The predicted molar refractivity (Wildman–Crippen MR) is 78.1 cm³/mol. The van der Waals surface area contributed by atoms with Gasteiger partial charge in [0.15, 0.2) is 6.10 Å². The van der Waals surface area contributed by atoms with E-state index in [9.17, 15) is 4.79 Å². The summed E-state index contributed by atoms with van der Waals surface area (Å²) < 4.78 is 7.09. The largest absolute Gasteiger partial charge is 0.481 e. The molecule has 0 amide bonds. The van der Waals surface area contributed by atoms with Crippen molar-refractivity contribution >= 4 is 5.91 Å². The molecule has 1 aromatic carbocycles. The molecule has 0 fully saturated rings. The summed E-state index contributed by atoms with van der Waals surface area (Å²) in [5, 5.41) is 0. The van der Waals surface area contributed by atoms with Gasteiger partial charge in [-0.25, -0.2) is 4.98 Å². The molecular formula is C16H20N2O2. The summed E-state index contributed by atoms with van der Waals surface area (Å²) in [7, 11) is 0. The number of hydrogen-bond donors (Lipinski definition) is 0. The number of hydrogen-bond acceptors (Lipinski definition) is 3. The number of aromatic nitrogens is 2. The highest BCUT2D eigenvalue weighted by atomic mass is 16.5. The number of ether oxygens (including phenoxy) is 1. The molecule has 0 aliphatic heterocycles. The fourth-order valence-corrected chi connectivity index (χ4v) is 1.89. The van der Waals surface area contributed by atoms with Crippen molar-refractivity contribution in [3.05, 3.63) is 48.5 Å². The average Bonchev–Trinajstić information content (AvgIpc) is 2.91. The second kappa shape index (κ2) is 5.49. The molecule has 1 atom stereocenters. The van der Waals surface area contributed by atoms with Crippen LogP contribution in [0.5, 0.6) is 5.75 Å². The van der Waals surface area contributed by atoms with Crippen molar-refractivity contribution in [3.63, 3.8) is 0 Å². The molecule has 20 heavy (non-hydrogen) atoms. The van der Waals surface area contributed by atoms with Crippen LogP contribution in [-0.4, -0.2) is 21.6 Å². The van der Waals surface area contributed by atoms with E-state index in [1.807, 2.05) is 24.3 Å². The van der Waals surface area contributed by atoms with E-state index in [2.05, 4.69) is 25.8 Å². The second-order valence-electron chi connectivity index (χ2n) is 5.84. The van der Waals surface area contributed by atoms with E-state index in [1.54, 1.807) is 19.3 Å². The van der Waals surface area contributed by atoms with Crippen LogP contribution in [0.1, 0.15) is 38.1 Å². The minimum Gasteiger partial charge on any atom is -0.481 e. The molecule has 2 rings (SSSR count). The zero-order valence-corrected chi connectivity index (χ0v) is 12.3. The molecule has 0 saturated carbocycles. The Kier molecular flexibility index (Phi) is 3.93. The summed E-state index contributed by atoms with van der Waals surface area (Å²) in [4.78, 5) is 15.9. The van der Waals surface area contributed by atoms with Crippen LogP contribution in [0.15, 0.2) is 43.0 Å². The van der Waals surface area contributed by atoms with Gasteiger partial charge in [0.2, 0.25) is 0 Å². The van der Waals surface area contributed by atoms with Crippen LogP contribution >= 0.6 is 0 Å². The third-order valence-corrected chi connectivity index (χ3v) is 3.14. The van der Waals surface area contributed by atoms with Gasteiger partial charge < -0.3 is 4.74 Å². The Hall–Kier alpha value is -2.10. The molecule has 0 N–H and O–H groups in total. The zero-order valence-electron chi connectivity index (χ0n) is 12.3. The van der Waals surface area contributed by atoms with E-state index >= 15 is 0 Å². The lowest BCUT2D eigenvalue weighted by atomic mass is 9.87. The molecular weight excluding hydrogens is 252 g/mol. The minimum absolute atomic E-state index is 0.108. The zero-order chi connectivity index (χ0) is 14.8. The number of carbonyl (C=O) groups excluding carboxylic acids is 1. The molecule has 0 aliphatic carbocycles. The molecule has 4 heteroatoms. The standard InChI is InChI=1S/C16H20N2O2/c1-12(15(19)18-10-9-17-11-18)20-14-7-5-13(6-8-14)16(2,3)4/h5-12H,1-4H3. The number of carbonyl (C=O) groups is 1. The number of nitrogens with zero attached hydrogens (tertiary/aromatic N) is 2. The lowest BCUT2D eigenvalue weighted by Gasteiger charge is -2.20. The van der Waals surface area contributed by atoms with Crippen molar-refractivity contribution in [2.75, 3.05) is 0 Å². The van der Waals surface area contributed by atoms with Crippen LogP contribution < -0.4 is 4.74 Å². The maximum Gasteiger partial charge on any atom is 0.272 e. The number of benzene rings is 1. The fourth-order valence-electron chi connectivity index (χ4n) is 1.89. The monoisotopic (exact) mass is 272 g/mol. The molecule has 1 heterocycles. The van der Waals surface area contributed by atoms with E-state index in [-0.39, 0.29) is 11.3 Å². The Bertz CT molecular complexity index is 566. The molecule has 0 saturated heterocycles. The third kappa shape index (κ3) is 3.26. The van der Waals surface area contributed by atoms with Gasteiger partial charge in [-0.15, -0.1) is 0 Å². The van der Waals surface area contributed by atoms with Gasteiger partial charge in [-0.1, -0.05) is 32.9 Å². The van der Waals surface area contributed by atoms with Gasteiger partial charge in [-0.3, -0.25) is 9.36 Å². The van der Waals surface area contributed by atoms with Gasteiger partial charge >= 0.3 is 0 Å². The Morgan fingerprint density at radius 2 is 1.90 bits per heavy atom. The highest BCUT2D eigenvalue weighted by Crippen LogP contribution is 2.24. The topological polar surface area (TPSA) is 44.1 Å². The highest BCUT2D eigenvalue weighted by Gasteiger charge is 2.17. The van der Waals surface area contributed by atoms with Crippen molar-refractivity contribution in [1.82, 2.24) is 9.55 Å². The van der Waals surface area contributed by atoms with Crippen molar-refractivity contribution in [2.45, 2.75) is 39.2 Å². The molecule has 0 aliphatic rings. The predicted octanol–water partition coefficient (Wildman–Crippen LogP) is 3.29. The third-order valence-electron chi connectivity index (χ3n) is 3.14. The smallest absolute Gasteiger partial charge is 0.272 e. The van der Waals surface area contributed by atoms with Crippen molar-refractivity contribution in [2.24, 2.45) is 0 Å².